The van der Waals surface area contributed by atoms with Crippen molar-refractivity contribution < 1.29 is 4.57 Å². The number of rotatable bonds is 2. The number of fused-ring (bicyclic) bond motifs is 14. The fraction of sp³-hybridized carbons (Fsp3) is 0.0167. The van der Waals surface area contributed by atoms with Crippen molar-refractivity contribution in [3.8, 4) is 5.69 Å². The monoisotopic (exact) mass is 860 g/mol. The van der Waals surface area contributed by atoms with Crippen LogP contribution in [0.15, 0.2) is 217 Å². The van der Waals surface area contributed by atoms with Gasteiger partial charge in [0, 0.05) is 84.4 Å². The standard InChI is InChI=1S/C30H22N4.C30H19N3/c31-24-16-27-29(22-13-5-3-11-20(22)24)33-30-23-14-6-4-12-21(23)25(32)17-28(30)34(27)26-15-7-9-18-8-1-2-10-19(18)26;31-25-18-28-30(24-14-6-5-13-23(24)25)32-29-22-12-4-2-9-20(22)16-17-27(29)33(28)26-15-7-10-19-8-1-3-11-21(19)26/h1-17,27H,31-32H2;1-18,31H/p+1. The minimum absolute atomic E-state index is 0.145. The van der Waals surface area contributed by atoms with Crippen LogP contribution < -0.4 is 26.7 Å². The third-order valence-electron chi connectivity index (χ3n) is 13.6. The Hall–Kier alpha value is -9.07. The van der Waals surface area contributed by atoms with Crippen LogP contribution >= 0.6 is 0 Å². The molecule has 0 bridgehead atoms. The van der Waals surface area contributed by atoms with Crippen LogP contribution in [0.5, 0.6) is 0 Å². The summed E-state index contributed by atoms with van der Waals surface area (Å²) in [5, 5.41) is 11.2. The maximum Gasteiger partial charge on any atom is 0.240 e. The van der Waals surface area contributed by atoms with E-state index in [2.05, 4.69) is 198 Å². The SMILES string of the molecule is NC1=CC2C(=Nc3c(cc(N)c4ccccc34)N2c2cccc3ccccc23)c2ccccc21.Nc1cc2c(nc3c4ccccc4ccc3[n+]2-c2cccc3ccccc23)c2ccccc12. The molecule has 14 rings (SSSR count). The second kappa shape index (κ2) is 15.0. The first-order valence-corrected chi connectivity index (χ1v) is 22.6. The molecule has 6 N–H and O–H groups in total. The zero-order valence-corrected chi connectivity index (χ0v) is 36.3. The van der Waals surface area contributed by atoms with Crippen molar-refractivity contribution in [1.29, 1.82) is 0 Å². The van der Waals surface area contributed by atoms with E-state index >= 15 is 0 Å². The molecule has 0 radical (unpaired) electrons. The first-order chi connectivity index (χ1) is 33.0. The number of hydrogen-bond donors (Lipinski definition) is 3. The minimum atomic E-state index is -0.145. The summed E-state index contributed by atoms with van der Waals surface area (Å²) >= 11 is 0. The van der Waals surface area contributed by atoms with Gasteiger partial charge in [0.25, 0.3) is 0 Å². The number of nitrogens with two attached hydrogens (primary N) is 3. The highest BCUT2D eigenvalue weighted by molar-refractivity contribution is 6.21. The van der Waals surface area contributed by atoms with Gasteiger partial charge in [0.1, 0.15) is 11.0 Å². The van der Waals surface area contributed by atoms with Crippen LogP contribution in [-0.4, -0.2) is 16.7 Å². The van der Waals surface area contributed by atoms with Crippen molar-refractivity contribution in [3.05, 3.63) is 223 Å². The van der Waals surface area contributed by atoms with Crippen LogP contribution in [0.25, 0.3) is 87.3 Å². The summed E-state index contributed by atoms with van der Waals surface area (Å²) in [5.41, 5.74) is 33.3. The molecule has 0 saturated carbocycles. The maximum absolute atomic E-state index is 6.60. The van der Waals surface area contributed by atoms with Crippen LogP contribution in [0.4, 0.5) is 28.4 Å². The van der Waals surface area contributed by atoms with E-state index in [1.807, 2.05) is 24.3 Å². The van der Waals surface area contributed by atoms with E-state index in [9.17, 15) is 0 Å². The first-order valence-electron chi connectivity index (χ1n) is 22.6. The number of hydrogen-bond acceptors (Lipinski definition) is 6. The molecule has 0 fully saturated rings. The Morgan fingerprint density at radius 2 is 0.955 bits per heavy atom. The molecular weight excluding hydrogens is 819 g/mol. The Labute approximate surface area is 386 Å². The first kappa shape index (κ1) is 38.4. The topological polar surface area (TPSA) is 110 Å². The second-order valence-corrected chi connectivity index (χ2v) is 17.3. The predicted molar refractivity (Wildman–Crippen MR) is 281 cm³/mol. The summed E-state index contributed by atoms with van der Waals surface area (Å²) in [5.74, 6) is 0. The molecule has 0 spiro atoms. The van der Waals surface area contributed by atoms with Gasteiger partial charge in [-0.1, -0.05) is 164 Å². The Morgan fingerprint density at radius 3 is 1.72 bits per heavy atom. The lowest BCUT2D eigenvalue weighted by Gasteiger charge is -2.40. The Bertz CT molecular complexity index is 4100. The van der Waals surface area contributed by atoms with Gasteiger partial charge in [0.05, 0.1) is 28.5 Å². The molecule has 1 aromatic heterocycles. The molecule has 67 heavy (non-hydrogen) atoms. The minimum Gasteiger partial charge on any atom is -0.398 e. The number of anilines is 4. The molecule has 2 heterocycles. The van der Waals surface area contributed by atoms with Gasteiger partial charge in [-0.2, -0.15) is 0 Å². The highest BCUT2D eigenvalue weighted by Gasteiger charge is 2.36. The second-order valence-electron chi connectivity index (χ2n) is 17.3. The fourth-order valence-corrected chi connectivity index (χ4v) is 10.5. The van der Waals surface area contributed by atoms with Crippen LogP contribution in [0, 0.1) is 0 Å². The lowest BCUT2D eigenvalue weighted by Crippen LogP contribution is -2.42. The summed E-state index contributed by atoms with van der Waals surface area (Å²) in [6.45, 7) is 0. The molecule has 316 valence electrons. The van der Waals surface area contributed by atoms with Gasteiger partial charge in [0.15, 0.2) is 0 Å². The van der Waals surface area contributed by atoms with Gasteiger partial charge in [-0.25, -0.2) is 9.98 Å². The quantitative estimate of drug-likeness (QED) is 0.0694. The zero-order chi connectivity index (χ0) is 44.8. The molecular formula is C60H42N7+. The third kappa shape index (κ3) is 5.95. The average Bonchev–Trinajstić information content (AvgIpc) is 3.38. The lowest BCUT2D eigenvalue weighted by atomic mass is 9.86. The van der Waals surface area contributed by atoms with Gasteiger partial charge < -0.3 is 22.1 Å². The number of nitrogen functional groups attached to an aromatic ring is 2. The molecule has 12 aromatic rings. The van der Waals surface area contributed by atoms with Crippen LogP contribution in [0.2, 0.25) is 0 Å². The van der Waals surface area contributed by atoms with E-state index in [0.29, 0.717) is 0 Å². The van der Waals surface area contributed by atoms with Gasteiger partial charge in [-0.3, -0.25) is 0 Å². The molecule has 11 aromatic carbocycles. The van der Waals surface area contributed by atoms with Crippen molar-refractivity contribution >= 4 is 116 Å². The number of benzene rings is 11. The molecule has 2 aliphatic rings. The highest BCUT2D eigenvalue weighted by atomic mass is 15.2. The number of aliphatic imine (C=N–C) groups is 1. The maximum atomic E-state index is 6.60. The normalized spacial score (nSPS) is 14.1. The van der Waals surface area contributed by atoms with E-state index in [1.54, 1.807) is 0 Å². The summed E-state index contributed by atoms with van der Waals surface area (Å²) < 4.78 is 2.33. The molecule has 7 nitrogen and oxygen atoms in total. The van der Waals surface area contributed by atoms with Crippen molar-refractivity contribution in [3.63, 3.8) is 0 Å². The van der Waals surface area contributed by atoms with Gasteiger partial charge in [-0.15, -0.1) is 4.57 Å². The Kier molecular flexibility index (Phi) is 8.60. The van der Waals surface area contributed by atoms with Crippen molar-refractivity contribution in [2.45, 2.75) is 6.04 Å². The fourth-order valence-electron chi connectivity index (χ4n) is 10.5. The predicted octanol–water partition coefficient (Wildman–Crippen LogP) is 13.2. The number of aromatic nitrogens is 2. The molecule has 0 amide bonds. The summed E-state index contributed by atoms with van der Waals surface area (Å²) in [4.78, 5) is 12.9. The van der Waals surface area contributed by atoms with E-state index in [1.165, 1.54) is 26.9 Å². The summed E-state index contributed by atoms with van der Waals surface area (Å²) in [7, 11) is 0. The molecule has 1 aliphatic carbocycles. The van der Waals surface area contributed by atoms with Gasteiger partial charge in [0.2, 0.25) is 16.7 Å². The van der Waals surface area contributed by atoms with Crippen molar-refractivity contribution in [1.82, 2.24) is 4.98 Å². The van der Waals surface area contributed by atoms with Crippen LogP contribution in [0.3, 0.4) is 0 Å². The molecule has 1 atom stereocenters. The van der Waals surface area contributed by atoms with Gasteiger partial charge >= 0.3 is 0 Å². The molecule has 1 unspecified atom stereocenters. The summed E-state index contributed by atoms with van der Waals surface area (Å²) in [6, 6.07) is 71.4. The molecule has 1 aliphatic heterocycles. The van der Waals surface area contributed by atoms with E-state index in [4.69, 9.17) is 27.2 Å². The lowest BCUT2D eigenvalue weighted by molar-refractivity contribution is -0.536. The van der Waals surface area contributed by atoms with Crippen molar-refractivity contribution in [2.75, 3.05) is 16.4 Å². The molecule has 7 heteroatoms. The van der Waals surface area contributed by atoms with E-state index in [0.717, 1.165) is 106 Å². The van der Waals surface area contributed by atoms with E-state index in [-0.39, 0.29) is 6.04 Å². The average molecular weight is 861 g/mol. The van der Waals surface area contributed by atoms with Gasteiger partial charge in [-0.05, 0) is 46.5 Å². The third-order valence-corrected chi connectivity index (χ3v) is 13.6. The number of nitrogens with zero attached hydrogens (tertiary/aromatic N) is 4. The Morgan fingerprint density at radius 1 is 0.418 bits per heavy atom. The Balaban J connectivity index is 0.000000133. The summed E-state index contributed by atoms with van der Waals surface area (Å²) in [6.07, 6.45) is 2.12. The van der Waals surface area contributed by atoms with Crippen molar-refractivity contribution in [2.24, 2.45) is 10.7 Å². The van der Waals surface area contributed by atoms with Crippen LogP contribution in [-0.2, 0) is 0 Å². The van der Waals surface area contributed by atoms with Crippen LogP contribution in [0.1, 0.15) is 11.1 Å². The largest absolute Gasteiger partial charge is 0.398 e. The smallest absolute Gasteiger partial charge is 0.240 e. The molecule has 0 saturated heterocycles. The highest BCUT2D eigenvalue weighted by Crippen LogP contribution is 2.50. The zero-order valence-electron chi connectivity index (χ0n) is 36.3. The van der Waals surface area contributed by atoms with E-state index < -0.39 is 0 Å².